The Morgan fingerprint density at radius 2 is 1.92 bits per heavy atom. The van der Waals surface area contributed by atoms with Crippen LogP contribution in [0.25, 0.3) is 0 Å². The lowest BCUT2D eigenvalue weighted by Gasteiger charge is -2.22. The SMILES string of the molecule is CC(C)c1ccc(C2(C)NC(=O)N(CC(=O)NCC3CC3)C2=O)cc1. The predicted molar refractivity (Wildman–Crippen MR) is 93.9 cm³/mol. The third-order valence-corrected chi connectivity index (χ3v) is 5.02. The monoisotopic (exact) mass is 343 g/mol. The Bertz CT molecular complexity index is 694. The summed E-state index contributed by atoms with van der Waals surface area (Å²) in [4.78, 5) is 38.1. The molecule has 1 heterocycles. The molecular weight excluding hydrogens is 318 g/mol. The minimum Gasteiger partial charge on any atom is -0.354 e. The van der Waals surface area contributed by atoms with Crippen molar-refractivity contribution in [3.05, 3.63) is 35.4 Å². The van der Waals surface area contributed by atoms with E-state index in [1.165, 1.54) is 5.56 Å². The quantitative estimate of drug-likeness (QED) is 0.777. The Morgan fingerprint density at radius 1 is 1.28 bits per heavy atom. The first-order valence-corrected chi connectivity index (χ1v) is 8.82. The number of nitrogens with one attached hydrogen (secondary N) is 2. The lowest BCUT2D eigenvalue weighted by atomic mass is 9.90. The first kappa shape index (κ1) is 17.5. The van der Waals surface area contributed by atoms with Gasteiger partial charge in [0.15, 0.2) is 0 Å². The summed E-state index contributed by atoms with van der Waals surface area (Å²) in [6.45, 7) is 6.26. The van der Waals surface area contributed by atoms with Crippen LogP contribution in [0.15, 0.2) is 24.3 Å². The number of nitrogens with zero attached hydrogens (tertiary/aromatic N) is 1. The highest BCUT2D eigenvalue weighted by molar-refractivity contribution is 6.09. The maximum absolute atomic E-state index is 12.8. The maximum atomic E-state index is 12.8. The van der Waals surface area contributed by atoms with Gasteiger partial charge in [0.1, 0.15) is 12.1 Å². The highest BCUT2D eigenvalue weighted by Gasteiger charge is 2.49. The number of rotatable bonds is 6. The third kappa shape index (κ3) is 3.52. The molecule has 1 aromatic rings. The van der Waals surface area contributed by atoms with E-state index in [0.29, 0.717) is 18.4 Å². The van der Waals surface area contributed by atoms with Crippen LogP contribution in [0.1, 0.15) is 50.7 Å². The fourth-order valence-corrected chi connectivity index (χ4v) is 3.02. The van der Waals surface area contributed by atoms with Crippen molar-refractivity contribution < 1.29 is 14.4 Å². The van der Waals surface area contributed by atoms with E-state index in [2.05, 4.69) is 24.5 Å². The van der Waals surface area contributed by atoms with Crippen LogP contribution in [0.2, 0.25) is 0 Å². The molecule has 0 radical (unpaired) electrons. The highest BCUT2D eigenvalue weighted by Crippen LogP contribution is 2.30. The van der Waals surface area contributed by atoms with Gasteiger partial charge >= 0.3 is 6.03 Å². The van der Waals surface area contributed by atoms with Crippen molar-refractivity contribution in [1.82, 2.24) is 15.5 Å². The lowest BCUT2D eigenvalue weighted by Crippen LogP contribution is -2.43. The van der Waals surface area contributed by atoms with Crippen molar-refractivity contribution >= 4 is 17.8 Å². The van der Waals surface area contributed by atoms with Crippen molar-refractivity contribution in [2.45, 2.75) is 45.1 Å². The Hall–Kier alpha value is -2.37. The molecule has 2 aliphatic rings. The van der Waals surface area contributed by atoms with E-state index in [4.69, 9.17) is 0 Å². The van der Waals surface area contributed by atoms with Gasteiger partial charge in [-0.05, 0) is 42.7 Å². The van der Waals surface area contributed by atoms with Gasteiger partial charge in [-0.15, -0.1) is 0 Å². The topological polar surface area (TPSA) is 78.5 Å². The number of imide groups is 1. The van der Waals surface area contributed by atoms with Gasteiger partial charge in [-0.25, -0.2) is 4.79 Å². The molecule has 6 heteroatoms. The fourth-order valence-electron chi connectivity index (χ4n) is 3.02. The maximum Gasteiger partial charge on any atom is 0.325 e. The Balaban J connectivity index is 1.71. The zero-order valence-corrected chi connectivity index (χ0v) is 15.0. The predicted octanol–water partition coefficient (Wildman–Crippen LogP) is 2.10. The summed E-state index contributed by atoms with van der Waals surface area (Å²) in [5.74, 6) is 0.255. The number of hydrogen-bond donors (Lipinski definition) is 2. The van der Waals surface area contributed by atoms with Crippen LogP contribution in [-0.4, -0.2) is 35.8 Å². The van der Waals surface area contributed by atoms with Crippen LogP contribution >= 0.6 is 0 Å². The Morgan fingerprint density at radius 3 is 2.48 bits per heavy atom. The van der Waals surface area contributed by atoms with Gasteiger partial charge in [-0.3, -0.25) is 14.5 Å². The number of carbonyl (C=O) groups excluding carboxylic acids is 3. The number of benzene rings is 1. The molecule has 4 amide bonds. The van der Waals surface area contributed by atoms with Crippen LogP contribution < -0.4 is 10.6 Å². The summed E-state index contributed by atoms with van der Waals surface area (Å²) in [6.07, 6.45) is 2.27. The normalized spacial score (nSPS) is 23.1. The Kier molecular flexibility index (Phi) is 4.54. The minimum atomic E-state index is -1.14. The summed E-state index contributed by atoms with van der Waals surface area (Å²) in [7, 11) is 0. The number of carbonyl (C=O) groups is 3. The standard InChI is InChI=1S/C19H25N3O3/c1-12(2)14-6-8-15(9-7-14)19(3)17(24)22(18(25)21-19)11-16(23)20-10-13-4-5-13/h6-9,12-13H,4-5,10-11H2,1-3H3,(H,20,23)(H,21,25). The molecule has 1 aromatic carbocycles. The van der Waals surface area contributed by atoms with Crippen molar-refractivity contribution in [1.29, 1.82) is 0 Å². The molecule has 3 rings (SSSR count). The number of amides is 4. The van der Waals surface area contributed by atoms with E-state index in [0.717, 1.165) is 23.3 Å². The number of urea groups is 1. The summed E-state index contributed by atoms with van der Waals surface area (Å²) in [5, 5.41) is 5.52. The molecule has 134 valence electrons. The third-order valence-electron chi connectivity index (χ3n) is 5.02. The van der Waals surface area contributed by atoms with Crippen LogP contribution in [0.3, 0.4) is 0 Å². The first-order valence-electron chi connectivity index (χ1n) is 8.82. The molecule has 2 N–H and O–H groups in total. The smallest absolute Gasteiger partial charge is 0.325 e. The molecule has 6 nitrogen and oxygen atoms in total. The van der Waals surface area contributed by atoms with Gasteiger partial charge in [0.2, 0.25) is 5.91 Å². The zero-order chi connectivity index (χ0) is 18.2. The first-order chi connectivity index (χ1) is 11.8. The molecule has 1 saturated carbocycles. The zero-order valence-electron chi connectivity index (χ0n) is 15.0. The van der Waals surface area contributed by atoms with Gasteiger partial charge in [0, 0.05) is 6.54 Å². The second kappa shape index (κ2) is 6.50. The van der Waals surface area contributed by atoms with Crippen molar-refractivity contribution in [3.8, 4) is 0 Å². The molecule has 0 bridgehead atoms. The molecule has 1 atom stereocenters. The van der Waals surface area contributed by atoms with Gasteiger partial charge in [0.05, 0.1) is 0 Å². The molecule has 0 aromatic heterocycles. The van der Waals surface area contributed by atoms with E-state index in [1.807, 2.05) is 24.3 Å². The van der Waals surface area contributed by atoms with E-state index < -0.39 is 17.5 Å². The molecule has 0 spiro atoms. The average Bonchev–Trinajstić information content (AvgIpc) is 3.38. The second-order valence-corrected chi connectivity index (χ2v) is 7.47. The van der Waals surface area contributed by atoms with Gasteiger partial charge in [0.25, 0.3) is 5.91 Å². The van der Waals surface area contributed by atoms with Crippen LogP contribution in [0.4, 0.5) is 4.79 Å². The number of hydrogen-bond acceptors (Lipinski definition) is 3. The molecule has 1 aliphatic carbocycles. The minimum absolute atomic E-state index is 0.239. The van der Waals surface area contributed by atoms with Crippen molar-refractivity contribution in [3.63, 3.8) is 0 Å². The molecule has 2 fully saturated rings. The molecule has 1 aliphatic heterocycles. The lowest BCUT2D eigenvalue weighted by molar-refractivity contribution is -0.134. The van der Waals surface area contributed by atoms with E-state index in [-0.39, 0.29) is 12.5 Å². The van der Waals surface area contributed by atoms with E-state index in [1.54, 1.807) is 6.92 Å². The van der Waals surface area contributed by atoms with Crippen LogP contribution in [-0.2, 0) is 15.1 Å². The van der Waals surface area contributed by atoms with E-state index in [9.17, 15) is 14.4 Å². The van der Waals surface area contributed by atoms with Crippen molar-refractivity contribution in [2.24, 2.45) is 5.92 Å². The van der Waals surface area contributed by atoms with Gasteiger partial charge < -0.3 is 10.6 Å². The van der Waals surface area contributed by atoms with Gasteiger partial charge in [-0.1, -0.05) is 38.1 Å². The summed E-state index contributed by atoms with van der Waals surface area (Å²) in [5.41, 5.74) is 0.750. The molecule has 1 unspecified atom stereocenters. The van der Waals surface area contributed by atoms with E-state index >= 15 is 0 Å². The average molecular weight is 343 g/mol. The molecule has 25 heavy (non-hydrogen) atoms. The van der Waals surface area contributed by atoms with Crippen LogP contribution in [0.5, 0.6) is 0 Å². The van der Waals surface area contributed by atoms with Gasteiger partial charge in [-0.2, -0.15) is 0 Å². The van der Waals surface area contributed by atoms with Crippen molar-refractivity contribution in [2.75, 3.05) is 13.1 Å². The molecular formula is C19H25N3O3. The summed E-state index contributed by atoms with van der Waals surface area (Å²) >= 11 is 0. The highest BCUT2D eigenvalue weighted by atomic mass is 16.2. The molecule has 1 saturated heterocycles. The summed E-state index contributed by atoms with van der Waals surface area (Å²) in [6, 6.07) is 7.14. The largest absolute Gasteiger partial charge is 0.354 e. The second-order valence-electron chi connectivity index (χ2n) is 7.47. The fraction of sp³-hybridized carbons (Fsp3) is 0.526. The Labute approximate surface area is 148 Å². The summed E-state index contributed by atoms with van der Waals surface area (Å²) < 4.78 is 0. The van der Waals surface area contributed by atoms with Crippen LogP contribution in [0, 0.1) is 5.92 Å².